The number of fused-ring (bicyclic) bond motifs is 2. The fourth-order valence-electron chi connectivity index (χ4n) is 7.88. The fourth-order valence-corrected chi connectivity index (χ4v) is 7.88. The highest BCUT2D eigenvalue weighted by molar-refractivity contribution is 5.67. The molecule has 5 bridgehead atoms. The van der Waals surface area contributed by atoms with Gasteiger partial charge in [-0.15, -0.1) is 0 Å². The van der Waals surface area contributed by atoms with Gasteiger partial charge in [0.2, 0.25) is 0 Å². The summed E-state index contributed by atoms with van der Waals surface area (Å²) in [6.45, 7) is 2.19. The molecule has 2 N–H and O–H groups in total. The first-order chi connectivity index (χ1) is 11.6. The molecule has 10 atom stereocenters. The Morgan fingerprint density at radius 2 is 2.00 bits per heavy atom. The van der Waals surface area contributed by atoms with E-state index in [2.05, 4.69) is 48.0 Å². The number of aliphatic hydroxyl groups is 2. The normalized spacial score (nSPS) is 55.8. The van der Waals surface area contributed by atoms with Gasteiger partial charge in [0.15, 0.2) is 0 Å². The maximum absolute atomic E-state index is 11.6. The molecule has 1 aliphatic carbocycles. The molecule has 128 valence electrons. The summed E-state index contributed by atoms with van der Waals surface area (Å²) in [5.41, 5.74) is 2.51. The predicted molar refractivity (Wildman–Crippen MR) is 91.7 cm³/mol. The lowest BCUT2D eigenvalue weighted by atomic mass is 9.62. The number of hydrogen-bond donors (Lipinski definition) is 2. The first-order valence-corrected chi connectivity index (χ1v) is 9.57. The van der Waals surface area contributed by atoms with Crippen molar-refractivity contribution < 1.29 is 10.2 Å². The molecule has 1 aromatic carbocycles. The average molecular weight is 326 g/mol. The van der Waals surface area contributed by atoms with Crippen molar-refractivity contribution in [2.45, 2.75) is 62.1 Å². The molecule has 5 fully saturated rings. The lowest BCUT2D eigenvalue weighted by molar-refractivity contribution is -0.211. The van der Waals surface area contributed by atoms with Gasteiger partial charge in [0.05, 0.1) is 12.1 Å². The number of piperidine rings is 4. The van der Waals surface area contributed by atoms with Crippen LogP contribution in [-0.4, -0.2) is 52.6 Å². The zero-order valence-electron chi connectivity index (χ0n) is 14.3. The van der Waals surface area contributed by atoms with Crippen LogP contribution in [0.15, 0.2) is 24.3 Å². The smallest absolute Gasteiger partial charge is 0.111 e. The second-order valence-corrected chi connectivity index (χ2v) is 8.81. The van der Waals surface area contributed by atoms with Crippen molar-refractivity contribution >= 4 is 5.69 Å². The molecule has 0 amide bonds. The molecule has 4 heteroatoms. The number of rotatable bonds is 1. The largest absolute Gasteiger partial charge is 0.392 e. The van der Waals surface area contributed by atoms with Crippen LogP contribution >= 0.6 is 0 Å². The third-order valence-electron chi connectivity index (χ3n) is 8.46. The highest BCUT2D eigenvalue weighted by atomic mass is 16.3. The van der Waals surface area contributed by atoms with Crippen LogP contribution in [0.25, 0.3) is 0 Å². The summed E-state index contributed by atoms with van der Waals surface area (Å²) >= 11 is 0. The maximum atomic E-state index is 11.6. The van der Waals surface area contributed by atoms with Crippen LogP contribution in [0.2, 0.25) is 0 Å². The number of anilines is 1. The Hall–Kier alpha value is -1.10. The third-order valence-corrected chi connectivity index (χ3v) is 8.46. The van der Waals surface area contributed by atoms with Crippen LogP contribution in [0.4, 0.5) is 5.69 Å². The quantitative estimate of drug-likeness (QED) is 0.822. The Balaban J connectivity index is 1.60. The van der Waals surface area contributed by atoms with Crippen molar-refractivity contribution in [3.05, 3.63) is 29.8 Å². The zero-order chi connectivity index (χ0) is 16.4. The Morgan fingerprint density at radius 3 is 2.79 bits per heavy atom. The van der Waals surface area contributed by atoms with Crippen LogP contribution in [-0.2, 0) is 5.41 Å². The molecule has 24 heavy (non-hydrogen) atoms. The zero-order valence-corrected chi connectivity index (χ0v) is 14.3. The lowest BCUT2D eigenvalue weighted by Gasteiger charge is -2.62. The van der Waals surface area contributed by atoms with E-state index in [1.807, 2.05) is 0 Å². The molecule has 7 rings (SSSR count). The fraction of sp³-hybridized carbons (Fsp3) is 0.700. The van der Waals surface area contributed by atoms with E-state index < -0.39 is 0 Å². The van der Waals surface area contributed by atoms with Crippen molar-refractivity contribution in [1.29, 1.82) is 0 Å². The van der Waals surface area contributed by atoms with Gasteiger partial charge >= 0.3 is 0 Å². The summed E-state index contributed by atoms with van der Waals surface area (Å²) in [4.78, 5) is 4.83. The maximum Gasteiger partial charge on any atom is 0.111 e. The van der Waals surface area contributed by atoms with Crippen LogP contribution in [0.1, 0.15) is 31.7 Å². The molecule has 0 aromatic heterocycles. The molecule has 5 heterocycles. The van der Waals surface area contributed by atoms with Crippen LogP contribution < -0.4 is 4.90 Å². The Kier molecular flexibility index (Phi) is 2.45. The molecule has 6 aliphatic rings. The first-order valence-electron chi connectivity index (χ1n) is 9.57. The summed E-state index contributed by atoms with van der Waals surface area (Å²) in [6.07, 6.45) is 2.56. The number of aliphatic hydroxyl groups excluding tert-OH is 2. The molecule has 5 aliphatic heterocycles. The lowest BCUT2D eigenvalue weighted by Crippen LogP contribution is -2.72. The van der Waals surface area contributed by atoms with E-state index >= 15 is 0 Å². The molecule has 1 saturated carbocycles. The number of para-hydroxylation sites is 1. The molecule has 4 nitrogen and oxygen atoms in total. The van der Waals surface area contributed by atoms with E-state index in [4.69, 9.17) is 0 Å². The highest BCUT2D eigenvalue weighted by Gasteiger charge is 2.76. The summed E-state index contributed by atoms with van der Waals surface area (Å²) in [7, 11) is 2.19. The van der Waals surface area contributed by atoms with Gasteiger partial charge in [0.25, 0.3) is 0 Å². The molecular formula is C20H26N2O2. The monoisotopic (exact) mass is 326 g/mol. The first kappa shape index (κ1) is 14.1. The summed E-state index contributed by atoms with van der Waals surface area (Å²) in [5.74, 6) is 1.14. The number of nitrogens with zero attached hydrogens (tertiary/aromatic N) is 2. The number of hydrogen-bond acceptors (Lipinski definition) is 4. The SMILES string of the molecule is CC[C@H]1[C@@H]2C[C@@H]3[C@@H]4N(C)c5ccccc5[C@@]45C[C@@H]([C@@H]2[C@@H]5O)N3[C@@H]1O. The van der Waals surface area contributed by atoms with Gasteiger partial charge in [-0.25, -0.2) is 0 Å². The van der Waals surface area contributed by atoms with E-state index in [1.54, 1.807) is 0 Å². The topological polar surface area (TPSA) is 46.9 Å². The highest BCUT2D eigenvalue weighted by Crippen LogP contribution is 2.68. The predicted octanol–water partition coefficient (Wildman–Crippen LogP) is 1.55. The molecule has 1 unspecified atom stereocenters. The van der Waals surface area contributed by atoms with Crippen LogP contribution in [0, 0.1) is 17.8 Å². The van der Waals surface area contributed by atoms with Gasteiger partial charge in [0.1, 0.15) is 6.23 Å². The van der Waals surface area contributed by atoms with Crippen molar-refractivity contribution in [2.75, 3.05) is 11.9 Å². The van der Waals surface area contributed by atoms with Crippen molar-refractivity contribution in [3.8, 4) is 0 Å². The minimum absolute atomic E-state index is 0.126. The number of benzene rings is 1. The molecular weight excluding hydrogens is 300 g/mol. The van der Waals surface area contributed by atoms with E-state index in [1.165, 1.54) is 11.3 Å². The standard InChI is InChI=1S/C20H26N2O2/c1-3-10-11-8-14-17-20(12-6-4-5-7-13(12)21(17)2)9-15(16(11)18(20)23)22(14)19(10)24/h4-7,10-11,14-19,23-24H,3,8-9H2,1-2H3/t10-,11-,14+,15-,16+,17-,18-,19+,20-/m0/s1. The number of likely N-dealkylation sites (N-methyl/N-ethyl adjacent to an activating group) is 1. The van der Waals surface area contributed by atoms with Gasteiger partial charge < -0.3 is 15.1 Å². The van der Waals surface area contributed by atoms with Gasteiger partial charge in [0, 0.05) is 42.1 Å². The van der Waals surface area contributed by atoms with Gasteiger partial charge in [-0.1, -0.05) is 25.1 Å². The van der Waals surface area contributed by atoms with Crippen LogP contribution in [0.3, 0.4) is 0 Å². The summed E-state index contributed by atoms with van der Waals surface area (Å²) in [6, 6.07) is 9.70. The molecule has 1 spiro atoms. The minimum atomic E-state index is -0.319. The Labute approximate surface area is 143 Å². The van der Waals surface area contributed by atoms with Gasteiger partial charge in [-0.3, -0.25) is 4.90 Å². The minimum Gasteiger partial charge on any atom is -0.392 e. The van der Waals surface area contributed by atoms with E-state index in [0.717, 1.165) is 19.3 Å². The summed E-state index contributed by atoms with van der Waals surface area (Å²) in [5, 5.41) is 22.6. The third kappa shape index (κ3) is 1.20. The molecule has 4 saturated heterocycles. The van der Waals surface area contributed by atoms with Gasteiger partial charge in [-0.2, -0.15) is 0 Å². The second kappa shape index (κ2) is 4.17. The van der Waals surface area contributed by atoms with Gasteiger partial charge in [-0.05, 0) is 36.8 Å². The summed E-state index contributed by atoms with van der Waals surface area (Å²) < 4.78 is 0. The Bertz CT molecular complexity index is 723. The van der Waals surface area contributed by atoms with E-state index in [-0.39, 0.29) is 17.7 Å². The van der Waals surface area contributed by atoms with Crippen molar-refractivity contribution in [1.82, 2.24) is 4.90 Å². The molecule has 1 aromatic rings. The van der Waals surface area contributed by atoms with E-state index in [9.17, 15) is 10.2 Å². The van der Waals surface area contributed by atoms with E-state index in [0.29, 0.717) is 35.9 Å². The second-order valence-electron chi connectivity index (χ2n) is 8.81. The average Bonchev–Trinajstić information content (AvgIpc) is 2.97. The molecule has 0 radical (unpaired) electrons. The van der Waals surface area contributed by atoms with Crippen molar-refractivity contribution in [2.24, 2.45) is 17.8 Å². The Morgan fingerprint density at radius 1 is 1.21 bits per heavy atom. The van der Waals surface area contributed by atoms with Crippen molar-refractivity contribution in [3.63, 3.8) is 0 Å². The van der Waals surface area contributed by atoms with Crippen LogP contribution in [0.5, 0.6) is 0 Å².